The van der Waals surface area contributed by atoms with Gasteiger partial charge in [-0.3, -0.25) is 9.59 Å². The summed E-state index contributed by atoms with van der Waals surface area (Å²) in [5, 5.41) is 8.43. The molecule has 126 valence electrons. The largest absolute Gasteiger partial charge is 0.376 e. The number of hydrogen-bond acceptors (Lipinski definition) is 3. The molecule has 1 aromatic carbocycles. The van der Waals surface area contributed by atoms with Crippen molar-refractivity contribution in [2.45, 2.75) is 45.6 Å². The summed E-state index contributed by atoms with van der Waals surface area (Å²) in [7, 11) is 0. The Bertz CT molecular complexity index is 577. The number of carbonyl (C=O) groups excluding carboxylic acids is 2. The Kier molecular flexibility index (Phi) is 5.96. The lowest BCUT2D eigenvalue weighted by molar-refractivity contribution is -0.120. The average molecular weight is 321 g/mol. The van der Waals surface area contributed by atoms with Crippen LogP contribution in [0.3, 0.4) is 0 Å². The lowest BCUT2D eigenvalue weighted by Gasteiger charge is -2.29. The highest BCUT2D eigenvalue weighted by Gasteiger charge is 2.22. The van der Waals surface area contributed by atoms with Crippen molar-refractivity contribution in [3.05, 3.63) is 24.0 Å². The van der Waals surface area contributed by atoms with E-state index in [2.05, 4.69) is 22.9 Å². The maximum absolute atomic E-state index is 13.6. The van der Waals surface area contributed by atoms with E-state index < -0.39 is 5.82 Å². The molecule has 0 bridgehead atoms. The fourth-order valence-corrected chi connectivity index (χ4v) is 2.89. The highest BCUT2D eigenvalue weighted by Crippen LogP contribution is 2.23. The highest BCUT2D eigenvalue weighted by molar-refractivity contribution is 5.89. The molecule has 0 spiro atoms. The fourth-order valence-electron chi connectivity index (χ4n) is 2.89. The SMILES string of the molecule is CC(=O)Nc1cc(NCC(=O)N[C@H]2CCCC[C@H]2C)ccc1F. The molecule has 1 saturated carbocycles. The number of rotatable bonds is 5. The number of carbonyl (C=O) groups is 2. The summed E-state index contributed by atoms with van der Waals surface area (Å²) in [6.45, 7) is 3.60. The van der Waals surface area contributed by atoms with Gasteiger partial charge in [-0.15, -0.1) is 0 Å². The third-order valence-corrected chi connectivity index (χ3v) is 4.19. The molecule has 2 atom stereocenters. The molecule has 2 rings (SSSR count). The Morgan fingerprint density at radius 3 is 2.70 bits per heavy atom. The molecule has 6 heteroatoms. The van der Waals surface area contributed by atoms with Gasteiger partial charge in [-0.05, 0) is 37.0 Å². The molecule has 1 fully saturated rings. The molecule has 0 unspecified atom stereocenters. The molecule has 2 amide bonds. The lowest BCUT2D eigenvalue weighted by atomic mass is 9.86. The molecule has 1 aliphatic rings. The quantitative estimate of drug-likeness (QED) is 0.781. The number of amides is 2. The first-order valence-electron chi connectivity index (χ1n) is 8.06. The Morgan fingerprint density at radius 1 is 1.26 bits per heavy atom. The maximum Gasteiger partial charge on any atom is 0.239 e. The summed E-state index contributed by atoms with van der Waals surface area (Å²) in [6.07, 6.45) is 4.56. The topological polar surface area (TPSA) is 70.2 Å². The molecule has 3 N–H and O–H groups in total. The monoisotopic (exact) mass is 321 g/mol. The summed E-state index contributed by atoms with van der Waals surface area (Å²) in [5.74, 6) is -0.421. The van der Waals surface area contributed by atoms with Crippen molar-refractivity contribution >= 4 is 23.2 Å². The van der Waals surface area contributed by atoms with Crippen molar-refractivity contribution in [3.8, 4) is 0 Å². The van der Waals surface area contributed by atoms with Gasteiger partial charge >= 0.3 is 0 Å². The predicted molar refractivity (Wildman–Crippen MR) is 88.8 cm³/mol. The third kappa shape index (κ3) is 5.23. The van der Waals surface area contributed by atoms with Crippen LogP contribution < -0.4 is 16.0 Å². The van der Waals surface area contributed by atoms with Crippen molar-refractivity contribution in [1.29, 1.82) is 0 Å². The molecule has 1 aliphatic carbocycles. The molecule has 0 heterocycles. The van der Waals surface area contributed by atoms with Gasteiger partial charge in [0.1, 0.15) is 5.82 Å². The number of benzene rings is 1. The number of anilines is 2. The highest BCUT2D eigenvalue weighted by atomic mass is 19.1. The molecule has 1 aromatic rings. The second-order valence-corrected chi connectivity index (χ2v) is 6.17. The standard InChI is InChI=1S/C17H24FN3O2/c1-11-5-3-4-6-15(11)21-17(23)10-19-13-7-8-14(18)16(9-13)20-12(2)22/h7-9,11,15,19H,3-6,10H2,1-2H3,(H,20,22)(H,21,23)/t11-,15+/m1/s1. The second-order valence-electron chi connectivity index (χ2n) is 6.17. The van der Waals surface area contributed by atoms with Gasteiger partial charge in [0.05, 0.1) is 12.2 Å². The van der Waals surface area contributed by atoms with E-state index in [1.807, 2.05) is 0 Å². The van der Waals surface area contributed by atoms with E-state index in [1.54, 1.807) is 0 Å². The van der Waals surface area contributed by atoms with Gasteiger partial charge in [-0.2, -0.15) is 0 Å². The summed E-state index contributed by atoms with van der Waals surface area (Å²) < 4.78 is 13.6. The lowest BCUT2D eigenvalue weighted by Crippen LogP contribution is -2.43. The van der Waals surface area contributed by atoms with Crippen molar-refractivity contribution in [3.63, 3.8) is 0 Å². The van der Waals surface area contributed by atoms with Crippen LogP contribution in [0.2, 0.25) is 0 Å². The number of halogens is 1. The summed E-state index contributed by atoms with van der Waals surface area (Å²) in [4.78, 5) is 23.1. The molecule has 23 heavy (non-hydrogen) atoms. The van der Waals surface area contributed by atoms with Crippen LogP contribution >= 0.6 is 0 Å². The zero-order valence-corrected chi connectivity index (χ0v) is 13.6. The second kappa shape index (κ2) is 7.94. The van der Waals surface area contributed by atoms with Crippen LogP contribution in [0.25, 0.3) is 0 Å². The van der Waals surface area contributed by atoms with Gasteiger partial charge in [0, 0.05) is 18.7 Å². The number of hydrogen-bond donors (Lipinski definition) is 3. The maximum atomic E-state index is 13.6. The van der Waals surface area contributed by atoms with Gasteiger partial charge in [0.25, 0.3) is 0 Å². The van der Waals surface area contributed by atoms with Crippen molar-refractivity contribution < 1.29 is 14.0 Å². The molecular weight excluding hydrogens is 297 g/mol. The van der Waals surface area contributed by atoms with Gasteiger partial charge in [-0.25, -0.2) is 4.39 Å². The minimum Gasteiger partial charge on any atom is -0.376 e. The van der Waals surface area contributed by atoms with Crippen LogP contribution in [-0.4, -0.2) is 24.4 Å². The van der Waals surface area contributed by atoms with E-state index in [1.165, 1.54) is 31.5 Å². The van der Waals surface area contributed by atoms with Crippen molar-refractivity contribution in [2.75, 3.05) is 17.2 Å². The Balaban J connectivity index is 1.87. The Morgan fingerprint density at radius 2 is 2.00 bits per heavy atom. The van der Waals surface area contributed by atoms with Gasteiger partial charge in [0.2, 0.25) is 11.8 Å². The van der Waals surface area contributed by atoms with Crippen LogP contribution in [0.5, 0.6) is 0 Å². The summed E-state index contributed by atoms with van der Waals surface area (Å²) >= 11 is 0. The molecule has 0 saturated heterocycles. The third-order valence-electron chi connectivity index (χ3n) is 4.19. The van der Waals surface area contributed by atoms with E-state index in [-0.39, 0.29) is 30.1 Å². The first-order valence-corrected chi connectivity index (χ1v) is 8.06. The Labute approximate surface area is 136 Å². The predicted octanol–water partition coefficient (Wildman–Crippen LogP) is 2.89. The minimum atomic E-state index is -0.508. The zero-order valence-electron chi connectivity index (χ0n) is 13.6. The van der Waals surface area contributed by atoms with E-state index in [4.69, 9.17) is 0 Å². The molecular formula is C17H24FN3O2. The molecule has 0 aromatic heterocycles. The first-order chi connectivity index (χ1) is 11.0. The van der Waals surface area contributed by atoms with Gasteiger partial charge in [-0.1, -0.05) is 19.8 Å². The zero-order chi connectivity index (χ0) is 16.8. The van der Waals surface area contributed by atoms with E-state index >= 15 is 0 Å². The van der Waals surface area contributed by atoms with Crippen molar-refractivity contribution in [2.24, 2.45) is 5.92 Å². The van der Waals surface area contributed by atoms with E-state index in [0.29, 0.717) is 11.6 Å². The Hall–Kier alpha value is -2.11. The van der Waals surface area contributed by atoms with E-state index in [0.717, 1.165) is 19.3 Å². The van der Waals surface area contributed by atoms with Crippen LogP contribution in [0, 0.1) is 11.7 Å². The molecule has 0 radical (unpaired) electrons. The van der Waals surface area contributed by atoms with Crippen LogP contribution in [0.15, 0.2) is 18.2 Å². The average Bonchev–Trinajstić information content (AvgIpc) is 2.50. The normalized spacial score (nSPS) is 20.7. The fraction of sp³-hybridized carbons (Fsp3) is 0.529. The van der Waals surface area contributed by atoms with Crippen LogP contribution in [0.1, 0.15) is 39.5 Å². The summed E-state index contributed by atoms with van der Waals surface area (Å²) in [6, 6.07) is 4.51. The van der Waals surface area contributed by atoms with Gasteiger partial charge in [0.15, 0.2) is 0 Å². The molecule has 5 nitrogen and oxygen atoms in total. The number of nitrogens with one attached hydrogen (secondary N) is 3. The van der Waals surface area contributed by atoms with Crippen molar-refractivity contribution in [1.82, 2.24) is 5.32 Å². The summed E-state index contributed by atoms with van der Waals surface area (Å²) in [5.41, 5.74) is 0.686. The van der Waals surface area contributed by atoms with Crippen LogP contribution in [-0.2, 0) is 9.59 Å². The molecule has 0 aliphatic heterocycles. The van der Waals surface area contributed by atoms with E-state index in [9.17, 15) is 14.0 Å². The first kappa shape index (κ1) is 17.2. The van der Waals surface area contributed by atoms with Gasteiger partial charge < -0.3 is 16.0 Å². The van der Waals surface area contributed by atoms with Crippen LogP contribution in [0.4, 0.5) is 15.8 Å². The minimum absolute atomic E-state index is 0.0749. The smallest absolute Gasteiger partial charge is 0.239 e.